The van der Waals surface area contributed by atoms with Crippen LogP contribution in [0.25, 0.3) is 0 Å². The zero-order valence-electron chi connectivity index (χ0n) is 15.0. The zero-order valence-corrected chi connectivity index (χ0v) is 15.0. The van der Waals surface area contributed by atoms with Gasteiger partial charge in [0.1, 0.15) is 6.67 Å². The van der Waals surface area contributed by atoms with E-state index in [4.69, 9.17) is 5.10 Å². The molecule has 0 aromatic carbocycles. The third-order valence-corrected chi connectivity index (χ3v) is 7.27. The summed E-state index contributed by atoms with van der Waals surface area (Å²) in [5.41, 5.74) is 3.27. The van der Waals surface area contributed by atoms with Crippen LogP contribution in [0.3, 0.4) is 0 Å². The second kappa shape index (κ2) is 5.01. The summed E-state index contributed by atoms with van der Waals surface area (Å²) in [7, 11) is 0. The van der Waals surface area contributed by atoms with Crippen molar-refractivity contribution in [3.05, 3.63) is 11.4 Å². The third-order valence-electron chi connectivity index (χ3n) is 7.27. The first-order valence-electron chi connectivity index (χ1n) is 10.4. The van der Waals surface area contributed by atoms with Gasteiger partial charge < -0.3 is 9.80 Å². The van der Waals surface area contributed by atoms with E-state index in [1.165, 1.54) is 62.8 Å². The number of nitrogens with zero attached hydrogens (tertiary/aromatic N) is 4. The highest BCUT2D eigenvalue weighted by atomic mass is 16.2. The molecule has 0 saturated heterocycles. The average Bonchev–Trinajstić information content (AvgIpc) is 3.47. The molecule has 0 aromatic rings. The molecule has 5 heteroatoms. The zero-order chi connectivity index (χ0) is 16.6. The Hall–Kier alpha value is -1.52. The second-order valence-electron chi connectivity index (χ2n) is 9.25. The topological polar surface area (TPSA) is 39.2 Å². The number of hydrazone groups is 1. The summed E-state index contributed by atoms with van der Waals surface area (Å²) in [4.78, 5) is 17.6. The summed E-state index contributed by atoms with van der Waals surface area (Å²) in [6.07, 6.45) is 12.8. The maximum absolute atomic E-state index is 13.2. The van der Waals surface area contributed by atoms with Crippen LogP contribution >= 0.6 is 0 Å². The fourth-order valence-corrected chi connectivity index (χ4v) is 5.27. The van der Waals surface area contributed by atoms with Gasteiger partial charge in [-0.2, -0.15) is 5.10 Å². The number of hydrogen-bond acceptors (Lipinski definition) is 4. The minimum atomic E-state index is 0.173. The van der Waals surface area contributed by atoms with E-state index in [0.29, 0.717) is 11.3 Å². The number of carbonyl (C=O) groups is 1. The van der Waals surface area contributed by atoms with Gasteiger partial charge in [0.05, 0.1) is 0 Å². The number of rotatable bonds is 5. The summed E-state index contributed by atoms with van der Waals surface area (Å²) in [5.74, 6) is 2.56. The predicted molar refractivity (Wildman–Crippen MR) is 95.2 cm³/mol. The number of fused-ring (bicyclic) bond motifs is 2. The molecule has 4 aliphatic carbocycles. The van der Waals surface area contributed by atoms with E-state index in [0.717, 1.165) is 44.4 Å². The molecule has 0 unspecified atom stereocenters. The van der Waals surface area contributed by atoms with Gasteiger partial charge in [-0.15, -0.1) is 0 Å². The average molecular weight is 340 g/mol. The minimum Gasteiger partial charge on any atom is -0.307 e. The summed E-state index contributed by atoms with van der Waals surface area (Å²) >= 11 is 0. The highest BCUT2D eigenvalue weighted by molar-refractivity contribution is 6.39. The fraction of sp³-hybridized carbons (Fsp3) is 0.800. The number of amides is 1. The van der Waals surface area contributed by atoms with E-state index in [9.17, 15) is 4.79 Å². The molecule has 6 rings (SSSR count). The monoisotopic (exact) mass is 340 g/mol. The first kappa shape index (κ1) is 14.6. The molecule has 134 valence electrons. The molecule has 2 aliphatic heterocycles. The van der Waals surface area contributed by atoms with Crippen LogP contribution < -0.4 is 0 Å². The van der Waals surface area contributed by atoms with Crippen molar-refractivity contribution < 1.29 is 4.79 Å². The Morgan fingerprint density at radius 2 is 1.80 bits per heavy atom. The van der Waals surface area contributed by atoms with Crippen molar-refractivity contribution in [2.75, 3.05) is 19.8 Å². The Morgan fingerprint density at radius 1 is 1.04 bits per heavy atom. The standard InChI is InChI=1S/C20H28N4O/c25-19-18-21-22(12-20(9-10-20)15-7-8-15)13-24(18)17-4-2-1-3-16(17)23(19)11-14-5-6-14/h14-15H,1-13H2. The van der Waals surface area contributed by atoms with Crippen molar-refractivity contribution in [3.63, 3.8) is 0 Å². The number of allylic oxidation sites excluding steroid dienone is 2. The van der Waals surface area contributed by atoms with Gasteiger partial charge in [-0.3, -0.25) is 9.80 Å². The Kier molecular flexibility index (Phi) is 2.93. The first-order valence-corrected chi connectivity index (χ1v) is 10.4. The Bertz CT molecular complexity index is 684. The van der Waals surface area contributed by atoms with Gasteiger partial charge >= 0.3 is 0 Å². The molecule has 5 nitrogen and oxygen atoms in total. The van der Waals surface area contributed by atoms with Crippen molar-refractivity contribution in [1.82, 2.24) is 14.8 Å². The summed E-state index contributed by atoms with van der Waals surface area (Å²) in [5, 5.41) is 7.07. The van der Waals surface area contributed by atoms with Gasteiger partial charge in [-0.05, 0) is 81.5 Å². The maximum atomic E-state index is 13.2. The lowest BCUT2D eigenvalue weighted by molar-refractivity contribution is -0.124. The van der Waals surface area contributed by atoms with Crippen molar-refractivity contribution in [2.24, 2.45) is 22.4 Å². The molecule has 2 heterocycles. The highest BCUT2D eigenvalue weighted by Gasteiger charge is 2.55. The van der Waals surface area contributed by atoms with Gasteiger partial charge in [0.25, 0.3) is 5.91 Å². The Morgan fingerprint density at radius 3 is 2.48 bits per heavy atom. The van der Waals surface area contributed by atoms with Crippen LogP contribution in [0.5, 0.6) is 0 Å². The second-order valence-corrected chi connectivity index (χ2v) is 9.25. The summed E-state index contributed by atoms with van der Waals surface area (Å²) in [6, 6.07) is 0. The maximum Gasteiger partial charge on any atom is 0.295 e. The summed E-state index contributed by atoms with van der Waals surface area (Å²) < 4.78 is 0. The van der Waals surface area contributed by atoms with Crippen LogP contribution in [-0.2, 0) is 4.79 Å². The SMILES string of the molecule is O=C1C2=NN(CC3(C4CC4)CC3)CN2C2=C(CCCC2)N1CC1CC1. The van der Waals surface area contributed by atoms with E-state index in [2.05, 4.69) is 14.8 Å². The molecule has 1 amide bonds. The van der Waals surface area contributed by atoms with E-state index < -0.39 is 0 Å². The molecule has 25 heavy (non-hydrogen) atoms. The Labute approximate surface area is 149 Å². The van der Waals surface area contributed by atoms with E-state index >= 15 is 0 Å². The van der Waals surface area contributed by atoms with Gasteiger partial charge in [0.15, 0.2) is 0 Å². The van der Waals surface area contributed by atoms with Crippen molar-refractivity contribution in [1.29, 1.82) is 0 Å². The van der Waals surface area contributed by atoms with Crippen molar-refractivity contribution in [3.8, 4) is 0 Å². The number of hydrogen-bond donors (Lipinski definition) is 0. The Balaban J connectivity index is 1.29. The van der Waals surface area contributed by atoms with Gasteiger partial charge in [0.2, 0.25) is 5.84 Å². The lowest BCUT2D eigenvalue weighted by Crippen LogP contribution is -2.50. The highest BCUT2D eigenvalue weighted by Crippen LogP contribution is 2.61. The van der Waals surface area contributed by atoms with Crippen LogP contribution in [0.4, 0.5) is 0 Å². The predicted octanol–water partition coefficient (Wildman–Crippen LogP) is 3.10. The lowest BCUT2D eigenvalue weighted by Gasteiger charge is -2.39. The summed E-state index contributed by atoms with van der Waals surface area (Å²) in [6.45, 7) is 2.80. The molecule has 0 N–H and O–H groups in total. The molecule has 0 bridgehead atoms. The molecule has 0 atom stereocenters. The van der Waals surface area contributed by atoms with Crippen LogP contribution in [-0.4, -0.2) is 46.3 Å². The molecule has 3 fully saturated rings. The number of amidine groups is 1. The van der Waals surface area contributed by atoms with Crippen LogP contribution in [0.2, 0.25) is 0 Å². The third kappa shape index (κ3) is 2.34. The molecular formula is C20H28N4O. The molecule has 3 saturated carbocycles. The lowest BCUT2D eigenvalue weighted by atomic mass is 9.96. The molecule has 0 radical (unpaired) electrons. The van der Waals surface area contributed by atoms with Crippen LogP contribution in [0.15, 0.2) is 16.5 Å². The van der Waals surface area contributed by atoms with Crippen LogP contribution in [0.1, 0.15) is 64.2 Å². The smallest absolute Gasteiger partial charge is 0.295 e. The van der Waals surface area contributed by atoms with Crippen LogP contribution in [0, 0.1) is 17.3 Å². The quantitative estimate of drug-likeness (QED) is 0.772. The minimum absolute atomic E-state index is 0.173. The van der Waals surface area contributed by atoms with E-state index in [-0.39, 0.29) is 5.91 Å². The van der Waals surface area contributed by atoms with Gasteiger partial charge in [-0.25, -0.2) is 0 Å². The van der Waals surface area contributed by atoms with Gasteiger partial charge in [0, 0.05) is 24.5 Å². The first-order chi connectivity index (χ1) is 12.2. The van der Waals surface area contributed by atoms with E-state index in [1.54, 1.807) is 0 Å². The molecule has 6 aliphatic rings. The van der Waals surface area contributed by atoms with Crippen molar-refractivity contribution >= 4 is 11.7 Å². The molecular weight excluding hydrogens is 312 g/mol. The van der Waals surface area contributed by atoms with Gasteiger partial charge in [-0.1, -0.05) is 0 Å². The normalized spacial score (nSPS) is 30.5. The fourth-order valence-electron chi connectivity index (χ4n) is 5.27. The number of carbonyl (C=O) groups excluding carboxylic acids is 1. The molecule has 0 spiro atoms. The van der Waals surface area contributed by atoms with E-state index in [1.807, 2.05) is 0 Å². The van der Waals surface area contributed by atoms with Crippen molar-refractivity contribution in [2.45, 2.75) is 64.2 Å². The molecule has 0 aromatic heterocycles. The largest absolute Gasteiger partial charge is 0.307 e.